The van der Waals surface area contributed by atoms with Crippen molar-refractivity contribution in [1.82, 2.24) is 0 Å². The number of unbranched alkanes of at least 4 members (excludes halogenated alkanes) is 10. The minimum Gasteiger partial charge on any atom is -0.507 e. The summed E-state index contributed by atoms with van der Waals surface area (Å²) in [5.74, 6) is 1.49. The van der Waals surface area contributed by atoms with Crippen LogP contribution in [0.15, 0.2) is 18.2 Å². The fraction of sp³-hybridized carbons (Fsp3) is 0.769. The van der Waals surface area contributed by atoms with Gasteiger partial charge in [0.25, 0.3) is 0 Å². The van der Waals surface area contributed by atoms with E-state index in [1.165, 1.54) is 89.9 Å². The lowest BCUT2D eigenvalue weighted by Crippen LogP contribution is -2.00. The van der Waals surface area contributed by atoms with Gasteiger partial charge in [-0.15, -0.1) is 0 Å². The zero-order valence-corrected chi connectivity index (χ0v) is 18.7. The second-order valence-corrected chi connectivity index (χ2v) is 8.70. The predicted molar refractivity (Wildman–Crippen MR) is 121 cm³/mol. The van der Waals surface area contributed by atoms with Gasteiger partial charge in [0, 0.05) is 0 Å². The van der Waals surface area contributed by atoms with E-state index >= 15 is 0 Å². The molecular weight excluding hydrogens is 328 g/mol. The molecule has 2 atom stereocenters. The van der Waals surface area contributed by atoms with Gasteiger partial charge in [0.15, 0.2) is 0 Å². The Hall–Kier alpha value is -0.980. The van der Waals surface area contributed by atoms with Crippen LogP contribution in [-0.2, 0) is 0 Å². The van der Waals surface area contributed by atoms with Gasteiger partial charge in [-0.3, -0.25) is 0 Å². The van der Waals surface area contributed by atoms with Crippen molar-refractivity contribution in [3.63, 3.8) is 0 Å². The van der Waals surface area contributed by atoms with E-state index in [1.807, 2.05) is 0 Å². The summed E-state index contributed by atoms with van der Waals surface area (Å²) in [6.07, 6.45) is 18.4. The van der Waals surface area contributed by atoms with E-state index in [2.05, 4.69) is 45.9 Å². The molecule has 0 aliphatic carbocycles. The molecule has 1 heteroatoms. The average Bonchev–Trinajstić information content (AvgIpc) is 2.67. The molecule has 0 bridgehead atoms. The highest BCUT2D eigenvalue weighted by Crippen LogP contribution is 2.37. The topological polar surface area (TPSA) is 20.2 Å². The Labute approximate surface area is 170 Å². The second-order valence-electron chi connectivity index (χ2n) is 8.70. The normalized spacial score (nSPS) is 13.6. The van der Waals surface area contributed by atoms with Crippen LogP contribution in [0.1, 0.15) is 141 Å². The smallest absolute Gasteiger partial charge is 0.122 e. The Balaban J connectivity index is 2.44. The molecule has 0 aliphatic heterocycles. The maximum absolute atomic E-state index is 10.9. The van der Waals surface area contributed by atoms with E-state index in [4.69, 9.17) is 0 Å². The third-order valence-corrected chi connectivity index (χ3v) is 6.14. The standard InChI is InChI=1S/C26H46O/c1-5-7-9-11-13-15-18-22(3)24-20-17-21-25(26(24)27)23(4)19-16-14-12-10-8-6-2/h17,20-23,27H,5-16,18-19H2,1-4H3/t22-,23-/m1/s1. The summed E-state index contributed by atoms with van der Waals surface area (Å²) in [6, 6.07) is 6.43. The van der Waals surface area contributed by atoms with E-state index in [9.17, 15) is 5.11 Å². The van der Waals surface area contributed by atoms with Crippen molar-refractivity contribution in [3.8, 4) is 5.75 Å². The second kappa shape index (κ2) is 15.0. The van der Waals surface area contributed by atoms with Gasteiger partial charge in [0.2, 0.25) is 0 Å². The molecule has 156 valence electrons. The molecular formula is C26H46O. The first kappa shape index (κ1) is 24.1. The zero-order chi connectivity index (χ0) is 19.9. The average molecular weight is 375 g/mol. The highest BCUT2D eigenvalue weighted by molar-refractivity contribution is 5.44. The van der Waals surface area contributed by atoms with Crippen molar-refractivity contribution in [2.24, 2.45) is 0 Å². The van der Waals surface area contributed by atoms with E-state index in [0.717, 1.165) is 11.1 Å². The van der Waals surface area contributed by atoms with Gasteiger partial charge in [-0.2, -0.15) is 0 Å². The van der Waals surface area contributed by atoms with Gasteiger partial charge in [-0.25, -0.2) is 0 Å². The van der Waals surface area contributed by atoms with Crippen molar-refractivity contribution in [1.29, 1.82) is 0 Å². The summed E-state index contributed by atoms with van der Waals surface area (Å²) >= 11 is 0. The first-order chi connectivity index (χ1) is 13.1. The minimum absolute atomic E-state index is 0.456. The van der Waals surface area contributed by atoms with Gasteiger partial charge in [0.05, 0.1) is 0 Å². The zero-order valence-electron chi connectivity index (χ0n) is 18.7. The van der Waals surface area contributed by atoms with E-state index in [0.29, 0.717) is 17.6 Å². The van der Waals surface area contributed by atoms with Crippen LogP contribution in [0.2, 0.25) is 0 Å². The quantitative estimate of drug-likeness (QED) is 0.286. The number of aromatic hydroxyl groups is 1. The van der Waals surface area contributed by atoms with E-state index in [-0.39, 0.29) is 0 Å². The molecule has 1 aromatic rings. The maximum atomic E-state index is 10.9. The number of hydrogen-bond donors (Lipinski definition) is 1. The fourth-order valence-corrected chi connectivity index (χ4v) is 4.15. The minimum atomic E-state index is 0.456. The van der Waals surface area contributed by atoms with Crippen LogP contribution in [0.4, 0.5) is 0 Å². The van der Waals surface area contributed by atoms with Gasteiger partial charge < -0.3 is 5.11 Å². The predicted octanol–water partition coefficient (Wildman–Crippen LogP) is 9.10. The van der Waals surface area contributed by atoms with Gasteiger partial charge >= 0.3 is 0 Å². The molecule has 0 saturated carbocycles. The number of phenolic OH excluding ortho intramolecular Hbond substituents is 1. The fourth-order valence-electron chi connectivity index (χ4n) is 4.15. The molecule has 1 N–H and O–H groups in total. The van der Waals surface area contributed by atoms with E-state index < -0.39 is 0 Å². The summed E-state index contributed by atoms with van der Waals surface area (Å²) in [5.41, 5.74) is 2.33. The van der Waals surface area contributed by atoms with Crippen molar-refractivity contribution in [2.45, 2.75) is 129 Å². The van der Waals surface area contributed by atoms with Crippen LogP contribution in [0.25, 0.3) is 0 Å². The SMILES string of the molecule is CCCCCCCC[C@@H](C)c1cccc([C@H](C)CCCCCCCC)c1O. The number of hydrogen-bond acceptors (Lipinski definition) is 1. The lowest BCUT2D eigenvalue weighted by Gasteiger charge is -2.19. The van der Waals surface area contributed by atoms with Gasteiger partial charge in [0.1, 0.15) is 5.75 Å². The van der Waals surface area contributed by atoms with Gasteiger partial charge in [-0.05, 0) is 35.8 Å². The molecule has 1 aromatic carbocycles. The summed E-state index contributed by atoms with van der Waals surface area (Å²) in [4.78, 5) is 0. The van der Waals surface area contributed by atoms with Crippen molar-refractivity contribution >= 4 is 0 Å². The lowest BCUT2D eigenvalue weighted by molar-refractivity contribution is 0.441. The van der Waals surface area contributed by atoms with Gasteiger partial charge in [-0.1, -0.05) is 123 Å². The maximum Gasteiger partial charge on any atom is 0.122 e. The largest absolute Gasteiger partial charge is 0.507 e. The molecule has 0 spiro atoms. The monoisotopic (exact) mass is 374 g/mol. The Bertz CT molecular complexity index is 439. The molecule has 0 saturated heterocycles. The molecule has 27 heavy (non-hydrogen) atoms. The molecule has 0 aliphatic rings. The van der Waals surface area contributed by atoms with E-state index in [1.54, 1.807) is 0 Å². The van der Waals surface area contributed by atoms with Crippen LogP contribution in [0.5, 0.6) is 5.75 Å². The van der Waals surface area contributed by atoms with Crippen LogP contribution in [-0.4, -0.2) is 5.11 Å². The van der Waals surface area contributed by atoms with Crippen LogP contribution < -0.4 is 0 Å². The van der Waals surface area contributed by atoms with Crippen molar-refractivity contribution in [2.75, 3.05) is 0 Å². The Kier molecular flexibility index (Phi) is 13.4. The Morgan fingerprint density at radius 1 is 0.630 bits per heavy atom. The highest BCUT2D eigenvalue weighted by atomic mass is 16.3. The third kappa shape index (κ3) is 9.67. The molecule has 0 unspecified atom stereocenters. The molecule has 0 amide bonds. The van der Waals surface area contributed by atoms with Crippen molar-refractivity contribution in [3.05, 3.63) is 29.3 Å². The Morgan fingerprint density at radius 3 is 1.41 bits per heavy atom. The Morgan fingerprint density at radius 2 is 1.00 bits per heavy atom. The summed E-state index contributed by atoms with van der Waals surface area (Å²) < 4.78 is 0. The third-order valence-electron chi connectivity index (χ3n) is 6.14. The molecule has 1 nitrogen and oxygen atoms in total. The summed E-state index contributed by atoms with van der Waals surface area (Å²) in [6.45, 7) is 9.10. The molecule has 1 rings (SSSR count). The van der Waals surface area contributed by atoms with Crippen LogP contribution in [0, 0.1) is 0 Å². The molecule has 0 heterocycles. The van der Waals surface area contributed by atoms with Crippen molar-refractivity contribution < 1.29 is 5.11 Å². The van der Waals surface area contributed by atoms with Crippen LogP contribution >= 0.6 is 0 Å². The summed E-state index contributed by atoms with van der Waals surface area (Å²) in [7, 11) is 0. The molecule has 0 fully saturated rings. The first-order valence-corrected chi connectivity index (χ1v) is 11.9. The molecule has 0 aromatic heterocycles. The number of para-hydroxylation sites is 1. The number of rotatable bonds is 16. The number of phenols is 1. The highest BCUT2D eigenvalue weighted by Gasteiger charge is 2.16. The lowest BCUT2D eigenvalue weighted by atomic mass is 9.87. The number of benzene rings is 1. The van der Waals surface area contributed by atoms with Crippen LogP contribution in [0.3, 0.4) is 0 Å². The molecule has 0 radical (unpaired) electrons. The first-order valence-electron chi connectivity index (χ1n) is 11.9. The summed E-state index contributed by atoms with van der Waals surface area (Å²) in [5, 5.41) is 10.9.